The minimum absolute atomic E-state index is 0.0310. The second-order valence-electron chi connectivity index (χ2n) is 5.59. The lowest BCUT2D eigenvalue weighted by Gasteiger charge is -2.20. The Labute approximate surface area is 112 Å². The van der Waals surface area contributed by atoms with Crippen LogP contribution in [0.2, 0.25) is 0 Å². The lowest BCUT2D eigenvalue weighted by atomic mass is 9.88. The van der Waals surface area contributed by atoms with Crippen LogP contribution in [-0.4, -0.2) is 11.8 Å². The number of carbonyl (C=O) groups excluding carboxylic acids is 2. The summed E-state index contributed by atoms with van der Waals surface area (Å²) in [4.78, 5) is 23.8. The Hall–Kier alpha value is -1.84. The van der Waals surface area contributed by atoms with Crippen molar-refractivity contribution in [2.45, 2.75) is 25.7 Å². The van der Waals surface area contributed by atoms with Gasteiger partial charge >= 0.3 is 0 Å². The fourth-order valence-electron chi connectivity index (χ4n) is 3.44. The first-order valence-electron chi connectivity index (χ1n) is 6.89. The SMILES string of the molecule is O=C(NNC(=O)[C@H]1C[C@@H]2CC[C@H]1C2)c1ccccc1. The van der Waals surface area contributed by atoms with Crippen LogP contribution in [-0.2, 0) is 4.79 Å². The molecule has 1 aromatic rings. The highest BCUT2D eigenvalue weighted by Crippen LogP contribution is 2.48. The highest BCUT2D eigenvalue weighted by atomic mass is 16.2. The minimum Gasteiger partial charge on any atom is -0.273 e. The molecule has 0 saturated heterocycles. The molecule has 0 aliphatic heterocycles. The Morgan fingerprint density at radius 1 is 1.00 bits per heavy atom. The van der Waals surface area contributed by atoms with Gasteiger partial charge in [-0.1, -0.05) is 24.6 Å². The molecular formula is C15H18N2O2. The van der Waals surface area contributed by atoms with E-state index in [4.69, 9.17) is 0 Å². The van der Waals surface area contributed by atoms with Gasteiger partial charge in [-0.05, 0) is 43.2 Å². The topological polar surface area (TPSA) is 58.2 Å². The van der Waals surface area contributed by atoms with Gasteiger partial charge in [0.2, 0.25) is 5.91 Å². The number of rotatable bonds is 2. The Balaban J connectivity index is 1.52. The minimum atomic E-state index is -0.267. The zero-order valence-electron chi connectivity index (χ0n) is 10.8. The number of benzene rings is 1. The summed E-state index contributed by atoms with van der Waals surface area (Å²) in [6, 6.07) is 8.89. The molecule has 0 radical (unpaired) electrons. The molecule has 0 heterocycles. The van der Waals surface area contributed by atoms with Crippen molar-refractivity contribution in [3.63, 3.8) is 0 Å². The first kappa shape index (κ1) is 12.2. The Kier molecular flexibility index (Phi) is 3.23. The van der Waals surface area contributed by atoms with Gasteiger partial charge in [0, 0.05) is 11.5 Å². The fraction of sp³-hybridized carbons (Fsp3) is 0.467. The predicted molar refractivity (Wildman–Crippen MR) is 71.0 cm³/mol. The van der Waals surface area contributed by atoms with Gasteiger partial charge in [-0.2, -0.15) is 0 Å². The van der Waals surface area contributed by atoms with E-state index in [1.54, 1.807) is 24.3 Å². The molecule has 0 spiro atoms. The van der Waals surface area contributed by atoms with E-state index in [9.17, 15) is 9.59 Å². The molecule has 4 heteroatoms. The summed E-state index contributed by atoms with van der Waals surface area (Å²) in [5.74, 6) is 1.05. The fourth-order valence-corrected chi connectivity index (χ4v) is 3.44. The molecule has 4 nitrogen and oxygen atoms in total. The van der Waals surface area contributed by atoms with E-state index in [-0.39, 0.29) is 17.7 Å². The van der Waals surface area contributed by atoms with Crippen molar-refractivity contribution < 1.29 is 9.59 Å². The van der Waals surface area contributed by atoms with Gasteiger partial charge in [0.1, 0.15) is 0 Å². The highest BCUT2D eigenvalue weighted by Gasteiger charge is 2.43. The quantitative estimate of drug-likeness (QED) is 0.796. The summed E-state index contributed by atoms with van der Waals surface area (Å²) in [6.45, 7) is 0. The highest BCUT2D eigenvalue weighted by molar-refractivity contribution is 5.95. The molecule has 100 valence electrons. The van der Waals surface area contributed by atoms with E-state index in [2.05, 4.69) is 10.9 Å². The van der Waals surface area contributed by atoms with Crippen LogP contribution in [0, 0.1) is 17.8 Å². The standard InChI is InChI=1S/C15H18N2O2/c18-14(11-4-2-1-3-5-11)16-17-15(19)13-9-10-6-7-12(13)8-10/h1-5,10,12-13H,6-9H2,(H,16,18)(H,17,19)/t10-,12+,13+/m1/s1. The van der Waals surface area contributed by atoms with Crippen LogP contribution in [0.4, 0.5) is 0 Å². The van der Waals surface area contributed by atoms with Crippen LogP contribution in [0.5, 0.6) is 0 Å². The summed E-state index contributed by atoms with van der Waals surface area (Å²) in [6.07, 6.45) is 4.60. The van der Waals surface area contributed by atoms with E-state index in [1.807, 2.05) is 6.07 Å². The maximum Gasteiger partial charge on any atom is 0.269 e. The van der Waals surface area contributed by atoms with Gasteiger partial charge in [0.25, 0.3) is 5.91 Å². The number of nitrogens with one attached hydrogen (secondary N) is 2. The van der Waals surface area contributed by atoms with Crippen molar-refractivity contribution in [1.82, 2.24) is 10.9 Å². The number of fused-ring (bicyclic) bond motifs is 2. The average Bonchev–Trinajstić information content (AvgIpc) is 3.08. The maximum absolute atomic E-state index is 12.0. The van der Waals surface area contributed by atoms with Gasteiger partial charge in [0.15, 0.2) is 0 Å². The third kappa shape index (κ3) is 2.48. The van der Waals surface area contributed by atoms with Crippen molar-refractivity contribution in [2.75, 3.05) is 0 Å². The Morgan fingerprint density at radius 3 is 2.42 bits per heavy atom. The zero-order valence-corrected chi connectivity index (χ0v) is 10.8. The van der Waals surface area contributed by atoms with E-state index in [1.165, 1.54) is 12.8 Å². The lowest BCUT2D eigenvalue weighted by Crippen LogP contribution is -2.45. The van der Waals surface area contributed by atoms with Gasteiger partial charge < -0.3 is 0 Å². The Morgan fingerprint density at radius 2 is 1.79 bits per heavy atom. The number of hydrogen-bond donors (Lipinski definition) is 2. The molecule has 3 atom stereocenters. The molecule has 2 bridgehead atoms. The second kappa shape index (κ2) is 5.03. The van der Waals surface area contributed by atoms with E-state index >= 15 is 0 Å². The van der Waals surface area contributed by atoms with Crippen LogP contribution in [0.25, 0.3) is 0 Å². The lowest BCUT2D eigenvalue weighted by molar-refractivity contribution is -0.127. The predicted octanol–water partition coefficient (Wildman–Crippen LogP) is 1.88. The summed E-state index contributed by atoms with van der Waals surface area (Å²) in [7, 11) is 0. The third-order valence-corrected chi connectivity index (χ3v) is 4.41. The van der Waals surface area contributed by atoms with Crippen LogP contribution >= 0.6 is 0 Å². The van der Waals surface area contributed by atoms with Crippen LogP contribution in [0.1, 0.15) is 36.0 Å². The monoisotopic (exact) mass is 258 g/mol. The average molecular weight is 258 g/mol. The van der Waals surface area contributed by atoms with Gasteiger partial charge in [-0.3, -0.25) is 20.4 Å². The molecular weight excluding hydrogens is 240 g/mol. The molecule has 0 aromatic heterocycles. The Bertz CT molecular complexity index is 486. The smallest absolute Gasteiger partial charge is 0.269 e. The third-order valence-electron chi connectivity index (χ3n) is 4.41. The van der Waals surface area contributed by atoms with Crippen molar-refractivity contribution in [3.8, 4) is 0 Å². The van der Waals surface area contributed by atoms with Crippen molar-refractivity contribution in [1.29, 1.82) is 0 Å². The van der Waals surface area contributed by atoms with Crippen molar-refractivity contribution in [3.05, 3.63) is 35.9 Å². The van der Waals surface area contributed by atoms with Crippen LogP contribution < -0.4 is 10.9 Å². The largest absolute Gasteiger partial charge is 0.273 e. The van der Waals surface area contributed by atoms with Crippen LogP contribution in [0.15, 0.2) is 30.3 Å². The van der Waals surface area contributed by atoms with Crippen molar-refractivity contribution in [2.24, 2.45) is 17.8 Å². The molecule has 3 rings (SSSR count). The maximum atomic E-state index is 12.0. The number of hydrogen-bond acceptors (Lipinski definition) is 2. The molecule has 2 fully saturated rings. The first-order valence-corrected chi connectivity index (χ1v) is 6.89. The summed E-state index contributed by atoms with van der Waals surface area (Å²) >= 11 is 0. The number of amides is 2. The van der Waals surface area contributed by atoms with E-state index in [0.717, 1.165) is 18.8 Å². The van der Waals surface area contributed by atoms with E-state index < -0.39 is 0 Å². The van der Waals surface area contributed by atoms with Crippen LogP contribution in [0.3, 0.4) is 0 Å². The summed E-state index contributed by atoms with van der Waals surface area (Å²) < 4.78 is 0. The normalized spacial score (nSPS) is 28.1. The zero-order chi connectivity index (χ0) is 13.2. The molecule has 2 aliphatic carbocycles. The van der Waals surface area contributed by atoms with Crippen molar-refractivity contribution >= 4 is 11.8 Å². The molecule has 2 N–H and O–H groups in total. The first-order chi connectivity index (χ1) is 9.24. The van der Waals surface area contributed by atoms with E-state index in [0.29, 0.717) is 11.5 Å². The summed E-state index contributed by atoms with van der Waals surface area (Å²) in [5.41, 5.74) is 5.62. The van der Waals surface area contributed by atoms with Gasteiger partial charge in [0.05, 0.1) is 0 Å². The second-order valence-corrected chi connectivity index (χ2v) is 5.59. The van der Waals surface area contributed by atoms with Gasteiger partial charge in [-0.15, -0.1) is 0 Å². The molecule has 2 amide bonds. The molecule has 0 unspecified atom stereocenters. The number of carbonyl (C=O) groups is 2. The molecule has 2 aliphatic rings. The molecule has 2 saturated carbocycles. The number of hydrazine groups is 1. The van der Waals surface area contributed by atoms with Gasteiger partial charge in [-0.25, -0.2) is 0 Å². The summed E-state index contributed by atoms with van der Waals surface area (Å²) in [5, 5.41) is 0. The molecule has 1 aromatic carbocycles. The molecule has 19 heavy (non-hydrogen) atoms.